The molecule has 1 fully saturated rings. The van der Waals surface area contributed by atoms with Crippen molar-refractivity contribution in [1.82, 2.24) is 10.5 Å². The van der Waals surface area contributed by atoms with Crippen molar-refractivity contribution in [1.29, 1.82) is 0 Å². The number of carbonyl (C=O) groups excluding carboxylic acids is 1. The third kappa shape index (κ3) is 2.41. The summed E-state index contributed by atoms with van der Waals surface area (Å²) in [4.78, 5) is 12.2. The van der Waals surface area contributed by atoms with E-state index in [1.54, 1.807) is 0 Å². The zero-order chi connectivity index (χ0) is 14.0. The molecule has 1 amide bonds. The van der Waals surface area contributed by atoms with Gasteiger partial charge in [0.15, 0.2) is 5.58 Å². The first-order valence-corrected chi connectivity index (χ1v) is 7.07. The van der Waals surface area contributed by atoms with Gasteiger partial charge in [-0.25, -0.2) is 0 Å². The van der Waals surface area contributed by atoms with Crippen LogP contribution < -0.4 is 11.1 Å². The van der Waals surface area contributed by atoms with E-state index in [0.29, 0.717) is 17.8 Å². The number of carbonyl (C=O) groups is 1. The lowest BCUT2D eigenvalue weighted by Crippen LogP contribution is -2.52. The standard InChI is InChI=1S/C15H19N3O2/c16-10-15(7-3-4-8-15)17-14(19)9-12-11-5-1-2-6-13(11)20-18-12/h1-2,5-6H,3-4,7-10,16H2,(H,17,19). The van der Waals surface area contributed by atoms with Crippen molar-refractivity contribution in [2.45, 2.75) is 37.6 Å². The van der Waals surface area contributed by atoms with Gasteiger partial charge >= 0.3 is 0 Å². The van der Waals surface area contributed by atoms with Crippen LogP contribution in [-0.4, -0.2) is 23.1 Å². The Morgan fingerprint density at radius 3 is 2.85 bits per heavy atom. The van der Waals surface area contributed by atoms with Crippen LogP contribution in [0.15, 0.2) is 28.8 Å². The van der Waals surface area contributed by atoms with Crippen molar-refractivity contribution in [3.05, 3.63) is 30.0 Å². The number of rotatable bonds is 4. The average molecular weight is 273 g/mol. The molecule has 3 rings (SSSR count). The van der Waals surface area contributed by atoms with Crippen LogP contribution in [-0.2, 0) is 11.2 Å². The minimum absolute atomic E-state index is 0.0311. The molecular weight excluding hydrogens is 254 g/mol. The van der Waals surface area contributed by atoms with E-state index in [1.807, 2.05) is 24.3 Å². The number of nitrogens with two attached hydrogens (primary N) is 1. The van der Waals surface area contributed by atoms with Crippen molar-refractivity contribution < 1.29 is 9.32 Å². The highest BCUT2D eigenvalue weighted by Crippen LogP contribution is 2.28. The summed E-state index contributed by atoms with van der Waals surface area (Å²) in [7, 11) is 0. The Balaban J connectivity index is 1.73. The van der Waals surface area contributed by atoms with E-state index in [1.165, 1.54) is 0 Å². The van der Waals surface area contributed by atoms with Crippen molar-refractivity contribution >= 4 is 16.9 Å². The highest BCUT2D eigenvalue weighted by Gasteiger charge is 2.33. The first-order chi connectivity index (χ1) is 9.72. The number of hydrogen-bond acceptors (Lipinski definition) is 4. The summed E-state index contributed by atoms with van der Waals surface area (Å²) in [6, 6.07) is 7.57. The topological polar surface area (TPSA) is 81.1 Å². The molecule has 0 bridgehead atoms. The molecule has 5 nitrogen and oxygen atoms in total. The zero-order valence-corrected chi connectivity index (χ0v) is 11.4. The monoisotopic (exact) mass is 273 g/mol. The van der Waals surface area contributed by atoms with Crippen molar-refractivity contribution in [2.24, 2.45) is 5.73 Å². The van der Waals surface area contributed by atoms with Crippen molar-refractivity contribution in [3.8, 4) is 0 Å². The number of fused-ring (bicyclic) bond motifs is 1. The summed E-state index contributed by atoms with van der Waals surface area (Å²) in [6.45, 7) is 0.498. The summed E-state index contributed by atoms with van der Waals surface area (Å²) < 4.78 is 5.22. The molecule has 1 aliphatic carbocycles. The maximum absolute atomic E-state index is 12.2. The van der Waals surface area contributed by atoms with E-state index in [9.17, 15) is 4.79 Å². The summed E-state index contributed by atoms with van der Waals surface area (Å²) >= 11 is 0. The largest absolute Gasteiger partial charge is 0.356 e. The number of para-hydroxylation sites is 1. The van der Waals surface area contributed by atoms with Gasteiger partial charge in [-0.05, 0) is 25.0 Å². The molecule has 1 saturated carbocycles. The first-order valence-electron chi connectivity index (χ1n) is 7.07. The minimum atomic E-state index is -0.212. The lowest BCUT2D eigenvalue weighted by molar-refractivity contribution is -0.122. The van der Waals surface area contributed by atoms with Crippen LogP contribution in [0.2, 0.25) is 0 Å². The van der Waals surface area contributed by atoms with Gasteiger partial charge in [-0.3, -0.25) is 4.79 Å². The van der Waals surface area contributed by atoms with Crippen LogP contribution in [0.4, 0.5) is 0 Å². The summed E-state index contributed by atoms with van der Waals surface area (Å²) in [5.41, 5.74) is 7.02. The van der Waals surface area contributed by atoms with E-state index in [0.717, 1.165) is 31.1 Å². The maximum atomic E-state index is 12.2. The maximum Gasteiger partial charge on any atom is 0.226 e. The lowest BCUT2D eigenvalue weighted by atomic mass is 9.97. The molecule has 0 atom stereocenters. The molecule has 0 unspecified atom stereocenters. The number of aromatic nitrogens is 1. The van der Waals surface area contributed by atoms with Gasteiger partial charge in [0.25, 0.3) is 0 Å². The highest BCUT2D eigenvalue weighted by molar-refractivity contribution is 5.86. The minimum Gasteiger partial charge on any atom is -0.356 e. The second kappa shape index (κ2) is 5.25. The van der Waals surface area contributed by atoms with Gasteiger partial charge in [0.1, 0.15) is 5.69 Å². The smallest absolute Gasteiger partial charge is 0.226 e. The normalized spacial score (nSPS) is 17.4. The molecule has 0 spiro atoms. The second-order valence-electron chi connectivity index (χ2n) is 5.54. The zero-order valence-electron chi connectivity index (χ0n) is 11.4. The van der Waals surface area contributed by atoms with Crippen molar-refractivity contribution in [3.63, 3.8) is 0 Å². The average Bonchev–Trinajstić information content (AvgIpc) is 3.07. The van der Waals surface area contributed by atoms with Gasteiger partial charge in [-0.15, -0.1) is 0 Å². The molecule has 1 heterocycles. The molecule has 1 aromatic heterocycles. The summed E-state index contributed by atoms with van der Waals surface area (Å²) in [5.74, 6) is -0.0311. The van der Waals surface area contributed by atoms with Gasteiger partial charge in [-0.1, -0.05) is 30.1 Å². The van der Waals surface area contributed by atoms with Gasteiger partial charge in [-0.2, -0.15) is 0 Å². The predicted octanol–water partition coefficient (Wildman–Crippen LogP) is 1.76. The molecule has 1 aliphatic rings. The van der Waals surface area contributed by atoms with Crippen LogP contribution >= 0.6 is 0 Å². The van der Waals surface area contributed by atoms with Crippen LogP contribution in [0.3, 0.4) is 0 Å². The van der Waals surface area contributed by atoms with Crippen LogP contribution in [0.5, 0.6) is 0 Å². The Bertz CT molecular complexity index is 614. The second-order valence-corrected chi connectivity index (χ2v) is 5.54. The number of benzene rings is 1. The van der Waals surface area contributed by atoms with E-state index >= 15 is 0 Å². The third-order valence-corrected chi connectivity index (χ3v) is 4.14. The quantitative estimate of drug-likeness (QED) is 0.889. The van der Waals surface area contributed by atoms with E-state index in [4.69, 9.17) is 10.3 Å². The predicted molar refractivity (Wildman–Crippen MR) is 76.1 cm³/mol. The Morgan fingerprint density at radius 1 is 1.35 bits per heavy atom. The highest BCUT2D eigenvalue weighted by atomic mass is 16.5. The lowest BCUT2D eigenvalue weighted by Gasteiger charge is -2.28. The molecule has 0 saturated heterocycles. The number of amides is 1. The Hall–Kier alpha value is -1.88. The molecule has 1 aromatic carbocycles. The van der Waals surface area contributed by atoms with Crippen LogP contribution in [0.25, 0.3) is 11.0 Å². The number of nitrogens with zero attached hydrogens (tertiary/aromatic N) is 1. The van der Waals surface area contributed by atoms with Gasteiger partial charge in [0, 0.05) is 11.9 Å². The van der Waals surface area contributed by atoms with E-state index in [2.05, 4.69) is 10.5 Å². The van der Waals surface area contributed by atoms with E-state index in [-0.39, 0.29) is 17.9 Å². The molecule has 5 heteroatoms. The van der Waals surface area contributed by atoms with Gasteiger partial charge < -0.3 is 15.6 Å². The van der Waals surface area contributed by atoms with Crippen LogP contribution in [0.1, 0.15) is 31.4 Å². The fraction of sp³-hybridized carbons (Fsp3) is 0.467. The van der Waals surface area contributed by atoms with Gasteiger partial charge in [0.05, 0.1) is 12.0 Å². The fourth-order valence-corrected chi connectivity index (χ4v) is 2.99. The molecule has 106 valence electrons. The first kappa shape index (κ1) is 13.1. The molecule has 0 radical (unpaired) electrons. The SMILES string of the molecule is NCC1(NC(=O)Cc2noc3ccccc23)CCCC1. The van der Waals surface area contributed by atoms with E-state index < -0.39 is 0 Å². The molecule has 3 N–H and O–H groups in total. The van der Waals surface area contributed by atoms with Gasteiger partial charge in [0.2, 0.25) is 5.91 Å². The molecule has 20 heavy (non-hydrogen) atoms. The Labute approximate surface area is 117 Å². The van der Waals surface area contributed by atoms with Crippen molar-refractivity contribution in [2.75, 3.05) is 6.54 Å². The molecule has 0 aliphatic heterocycles. The molecular formula is C15H19N3O2. The fourth-order valence-electron chi connectivity index (χ4n) is 2.99. The third-order valence-electron chi connectivity index (χ3n) is 4.14. The Morgan fingerprint density at radius 2 is 2.10 bits per heavy atom. The summed E-state index contributed by atoms with van der Waals surface area (Å²) in [6.07, 6.45) is 4.43. The Kier molecular flexibility index (Phi) is 3.44. The number of nitrogens with one attached hydrogen (secondary N) is 1. The van der Waals surface area contributed by atoms with Crippen LogP contribution in [0, 0.1) is 0 Å². The molecule has 2 aromatic rings. The number of hydrogen-bond donors (Lipinski definition) is 2. The summed E-state index contributed by atoms with van der Waals surface area (Å²) in [5, 5.41) is 7.99.